The van der Waals surface area contributed by atoms with Gasteiger partial charge in [0, 0.05) is 16.7 Å². The summed E-state index contributed by atoms with van der Waals surface area (Å²) < 4.78 is 0. The zero-order valence-electron chi connectivity index (χ0n) is 14.0. The molecule has 0 aromatic heterocycles. The van der Waals surface area contributed by atoms with Gasteiger partial charge in [-0.1, -0.05) is 67.6 Å². The second-order valence-electron chi connectivity index (χ2n) is 7.29. The average molecular weight is 316 g/mol. The molecule has 0 N–H and O–H groups in total. The van der Waals surface area contributed by atoms with Crippen LogP contribution in [0.25, 0.3) is 0 Å². The Kier molecular flexibility index (Phi) is 3.14. The van der Waals surface area contributed by atoms with Gasteiger partial charge in [-0.05, 0) is 36.1 Å². The zero-order valence-corrected chi connectivity index (χ0v) is 14.0. The van der Waals surface area contributed by atoms with Crippen LogP contribution in [-0.4, -0.2) is 11.6 Å². The monoisotopic (exact) mass is 316 g/mol. The van der Waals surface area contributed by atoms with Crippen molar-refractivity contribution in [3.05, 3.63) is 83.4 Å². The van der Waals surface area contributed by atoms with Gasteiger partial charge in [-0.25, -0.2) is 0 Å². The van der Waals surface area contributed by atoms with E-state index in [0.29, 0.717) is 12.0 Å². The Balaban J connectivity index is 1.97. The summed E-state index contributed by atoms with van der Waals surface area (Å²) in [5, 5.41) is 0. The highest BCUT2D eigenvalue weighted by Gasteiger charge is 2.68. The first kappa shape index (κ1) is 15.1. The van der Waals surface area contributed by atoms with Crippen molar-refractivity contribution < 1.29 is 9.59 Å². The van der Waals surface area contributed by atoms with E-state index in [1.165, 1.54) is 0 Å². The Hall–Kier alpha value is -2.48. The SMILES string of the molecule is CC1=CC(=O)[C@@]2(C)CC(c3ccccc3)(c3ccccc3)[C@H]2C1=O. The number of allylic oxidation sites excluding steroid dienone is 2. The van der Waals surface area contributed by atoms with Gasteiger partial charge in [0.25, 0.3) is 0 Å². The zero-order chi connectivity index (χ0) is 16.9. The lowest BCUT2D eigenvalue weighted by atomic mass is 9.38. The van der Waals surface area contributed by atoms with Gasteiger partial charge in [-0.15, -0.1) is 0 Å². The Labute approximate surface area is 142 Å². The summed E-state index contributed by atoms with van der Waals surface area (Å²) in [4.78, 5) is 25.7. The molecule has 2 heteroatoms. The van der Waals surface area contributed by atoms with E-state index in [-0.39, 0.29) is 17.5 Å². The van der Waals surface area contributed by atoms with Gasteiger partial charge in [0.15, 0.2) is 11.6 Å². The minimum absolute atomic E-state index is 0.0899. The van der Waals surface area contributed by atoms with E-state index in [1.54, 1.807) is 13.0 Å². The lowest BCUT2D eigenvalue weighted by Gasteiger charge is -2.61. The van der Waals surface area contributed by atoms with E-state index >= 15 is 0 Å². The first-order valence-electron chi connectivity index (χ1n) is 8.38. The maximum atomic E-state index is 13.1. The van der Waals surface area contributed by atoms with E-state index in [2.05, 4.69) is 24.3 Å². The van der Waals surface area contributed by atoms with Crippen LogP contribution in [0.15, 0.2) is 72.3 Å². The molecule has 0 spiro atoms. The Bertz CT molecular complexity index is 809. The molecular weight excluding hydrogens is 296 g/mol. The van der Waals surface area contributed by atoms with Crippen LogP contribution >= 0.6 is 0 Å². The molecule has 120 valence electrons. The fourth-order valence-corrected chi connectivity index (χ4v) is 4.77. The van der Waals surface area contributed by atoms with Crippen molar-refractivity contribution in [2.24, 2.45) is 11.3 Å². The number of hydrogen-bond acceptors (Lipinski definition) is 2. The summed E-state index contributed by atoms with van der Waals surface area (Å²) in [7, 11) is 0. The highest BCUT2D eigenvalue weighted by Crippen LogP contribution is 2.65. The normalized spacial score (nSPS) is 27.9. The second kappa shape index (κ2) is 5.01. The van der Waals surface area contributed by atoms with Crippen molar-refractivity contribution in [1.82, 2.24) is 0 Å². The minimum Gasteiger partial charge on any atom is -0.294 e. The van der Waals surface area contributed by atoms with E-state index in [4.69, 9.17) is 0 Å². The summed E-state index contributed by atoms with van der Waals surface area (Å²) in [6.07, 6.45) is 2.21. The number of ketones is 2. The number of Topliss-reactive ketones (excluding diaryl/α,β-unsaturated/α-hetero) is 1. The van der Waals surface area contributed by atoms with Gasteiger partial charge in [0.2, 0.25) is 0 Å². The first-order valence-corrected chi connectivity index (χ1v) is 8.38. The van der Waals surface area contributed by atoms with E-state index in [1.807, 2.05) is 43.3 Å². The molecule has 0 amide bonds. The molecule has 2 aromatic rings. The molecule has 2 nitrogen and oxygen atoms in total. The second-order valence-corrected chi connectivity index (χ2v) is 7.29. The molecule has 0 heterocycles. The summed E-state index contributed by atoms with van der Waals surface area (Å²) >= 11 is 0. The highest BCUT2D eigenvalue weighted by molar-refractivity contribution is 6.14. The molecule has 2 aliphatic carbocycles. The fraction of sp³-hybridized carbons (Fsp3) is 0.273. The van der Waals surface area contributed by atoms with Crippen molar-refractivity contribution in [2.45, 2.75) is 25.7 Å². The molecule has 2 aromatic carbocycles. The maximum absolute atomic E-state index is 13.1. The number of carbonyl (C=O) groups is 2. The van der Waals surface area contributed by atoms with Gasteiger partial charge in [0.1, 0.15) is 0 Å². The standard InChI is InChI=1S/C22H20O2/c1-15-13-18(23)21(2)14-22(20(21)19(15)24,16-9-5-3-6-10-16)17-11-7-4-8-12-17/h3-13,20H,14H2,1-2H3/t20-,21+/m0/s1. The first-order chi connectivity index (χ1) is 11.5. The molecule has 0 unspecified atom stereocenters. The molecule has 4 rings (SSSR count). The molecule has 0 saturated heterocycles. The van der Waals surface area contributed by atoms with Crippen LogP contribution in [0.3, 0.4) is 0 Å². The number of fused-ring (bicyclic) bond motifs is 1. The van der Waals surface area contributed by atoms with Crippen LogP contribution in [0, 0.1) is 11.3 Å². The lowest BCUT2D eigenvalue weighted by molar-refractivity contribution is -0.153. The van der Waals surface area contributed by atoms with E-state index < -0.39 is 10.8 Å². The topological polar surface area (TPSA) is 34.1 Å². The van der Waals surface area contributed by atoms with E-state index in [0.717, 1.165) is 11.1 Å². The molecule has 1 saturated carbocycles. The third kappa shape index (κ3) is 1.77. The minimum atomic E-state index is -0.595. The molecular formula is C22H20O2. The van der Waals surface area contributed by atoms with Crippen molar-refractivity contribution >= 4 is 11.6 Å². The highest BCUT2D eigenvalue weighted by atomic mass is 16.1. The van der Waals surface area contributed by atoms with Crippen LogP contribution in [0.5, 0.6) is 0 Å². The summed E-state index contributed by atoms with van der Waals surface area (Å²) in [6, 6.07) is 20.3. The van der Waals surface area contributed by atoms with Crippen molar-refractivity contribution in [2.75, 3.05) is 0 Å². The van der Waals surface area contributed by atoms with Crippen LogP contribution in [0.1, 0.15) is 31.4 Å². The molecule has 2 atom stereocenters. The summed E-state index contributed by atoms with van der Waals surface area (Å²) in [5.41, 5.74) is 1.81. The summed E-state index contributed by atoms with van der Waals surface area (Å²) in [6.45, 7) is 3.71. The number of carbonyl (C=O) groups excluding carboxylic acids is 2. The molecule has 24 heavy (non-hydrogen) atoms. The Morgan fingerprint density at radius 3 is 1.88 bits per heavy atom. The average Bonchev–Trinajstić information content (AvgIpc) is 2.59. The predicted molar refractivity (Wildman–Crippen MR) is 93.6 cm³/mol. The summed E-state index contributed by atoms with van der Waals surface area (Å²) in [5.74, 6) is -0.129. The van der Waals surface area contributed by atoms with Crippen LogP contribution < -0.4 is 0 Å². The van der Waals surface area contributed by atoms with Crippen molar-refractivity contribution in [3.8, 4) is 0 Å². The van der Waals surface area contributed by atoms with Crippen LogP contribution in [-0.2, 0) is 15.0 Å². The van der Waals surface area contributed by atoms with Crippen LogP contribution in [0.2, 0.25) is 0 Å². The van der Waals surface area contributed by atoms with Gasteiger partial charge >= 0.3 is 0 Å². The number of hydrogen-bond donors (Lipinski definition) is 0. The van der Waals surface area contributed by atoms with Crippen molar-refractivity contribution in [3.63, 3.8) is 0 Å². The van der Waals surface area contributed by atoms with Crippen molar-refractivity contribution in [1.29, 1.82) is 0 Å². The van der Waals surface area contributed by atoms with Gasteiger partial charge in [0.05, 0.1) is 0 Å². The molecule has 0 bridgehead atoms. The number of rotatable bonds is 2. The maximum Gasteiger partial charge on any atom is 0.164 e. The van der Waals surface area contributed by atoms with Gasteiger partial charge < -0.3 is 0 Å². The Morgan fingerprint density at radius 1 is 0.875 bits per heavy atom. The molecule has 0 aliphatic heterocycles. The van der Waals surface area contributed by atoms with Gasteiger partial charge in [-0.2, -0.15) is 0 Å². The Morgan fingerprint density at radius 2 is 1.38 bits per heavy atom. The number of benzene rings is 2. The largest absolute Gasteiger partial charge is 0.294 e. The van der Waals surface area contributed by atoms with Gasteiger partial charge in [-0.3, -0.25) is 9.59 Å². The quantitative estimate of drug-likeness (QED) is 0.836. The third-order valence-electron chi connectivity index (χ3n) is 5.92. The molecule has 2 aliphatic rings. The lowest BCUT2D eigenvalue weighted by Crippen LogP contribution is -2.66. The van der Waals surface area contributed by atoms with Crippen LogP contribution in [0.4, 0.5) is 0 Å². The third-order valence-corrected chi connectivity index (χ3v) is 5.92. The fourth-order valence-electron chi connectivity index (χ4n) is 4.77. The predicted octanol–water partition coefficient (Wildman–Crippen LogP) is 4.10. The molecule has 0 radical (unpaired) electrons. The molecule has 1 fully saturated rings. The van der Waals surface area contributed by atoms with E-state index in [9.17, 15) is 9.59 Å². The smallest absolute Gasteiger partial charge is 0.164 e.